The Morgan fingerprint density at radius 3 is 2.32 bits per heavy atom. The van der Waals surface area contributed by atoms with Crippen molar-refractivity contribution in [1.82, 2.24) is 10.2 Å². The number of nitrogens with zero attached hydrogens (tertiary/aromatic N) is 2. The second-order valence-electron chi connectivity index (χ2n) is 10.2. The molecule has 0 radical (unpaired) electrons. The summed E-state index contributed by atoms with van der Waals surface area (Å²) in [6.45, 7) is 1.31. The van der Waals surface area contributed by atoms with E-state index in [1.807, 2.05) is 12.1 Å². The third-order valence-corrected chi connectivity index (χ3v) is 9.65. The third-order valence-electron chi connectivity index (χ3n) is 7.33. The van der Waals surface area contributed by atoms with Crippen LogP contribution in [0.3, 0.4) is 0 Å². The summed E-state index contributed by atoms with van der Waals surface area (Å²) in [5.41, 5.74) is 1.10. The van der Waals surface area contributed by atoms with E-state index in [-0.39, 0.29) is 23.4 Å². The smallest absolute Gasteiger partial charge is 0.264 e. The van der Waals surface area contributed by atoms with Crippen molar-refractivity contribution in [1.29, 1.82) is 0 Å². The minimum Gasteiger partial charge on any atom is -0.497 e. The highest BCUT2D eigenvalue weighted by molar-refractivity contribution is 9.10. The van der Waals surface area contributed by atoms with E-state index in [1.54, 1.807) is 68.6 Å². The van der Waals surface area contributed by atoms with Gasteiger partial charge in [0.2, 0.25) is 11.8 Å². The first kappa shape index (κ1) is 30.6. The fraction of sp³-hybridized carbons (Fsp3) is 0.355. The van der Waals surface area contributed by atoms with E-state index in [0.717, 1.165) is 46.4 Å². The van der Waals surface area contributed by atoms with Gasteiger partial charge in [-0.15, -0.1) is 0 Å². The fourth-order valence-electron chi connectivity index (χ4n) is 4.97. The van der Waals surface area contributed by atoms with Crippen molar-refractivity contribution >= 4 is 43.5 Å². The van der Waals surface area contributed by atoms with Gasteiger partial charge in [-0.1, -0.05) is 65.5 Å². The number of rotatable bonds is 11. The molecule has 1 N–H and O–H groups in total. The maximum atomic E-state index is 14.1. The molecule has 1 aliphatic carbocycles. The van der Waals surface area contributed by atoms with Crippen LogP contribution in [-0.2, 0) is 26.2 Å². The number of nitrogens with one attached hydrogen (secondary N) is 1. The molecule has 1 aliphatic rings. The van der Waals surface area contributed by atoms with E-state index in [0.29, 0.717) is 11.4 Å². The normalized spacial score (nSPS) is 14.6. The predicted molar refractivity (Wildman–Crippen MR) is 163 cm³/mol. The second-order valence-corrected chi connectivity index (χ2v) is 13.0. The summed E-state index contributed by atoms with van der Waals surface area (Å²) in [4.78, 5) is 29.0. The lowest BCUT2D eigenvalue weighted by atomic mass is 9.95. The SMILES string of the molecule is COc1cccc(CN(C(=O)CN(c2ccc(Br)cc2)S(=O)(=O)c2ccccc2)[C@@H](C)C(=O)NC2CCCCC2)c1. The first-order valence-corrected chi connectivity index (χ1v) is 16.0. The van der Waals surface area contributed by atoms with Gasteiger partial charge in [-0.25, -0.2) is 8.42 Å². The van der Waals surface area contributed by atoms with Gasteiger partial charge in [0.25, 0.3) is 10.0 Å². The predicted octanol–water partition coefficient (Wildman–Crippen LogP) is 5.52. The lowest BCUT2D eigenvalue weighted by molar-refractivity contribution is -0.139. The van der Waals surface area contributed by atoms with Crippen LogP contribution in [0.4, 0.5) is 5.69 Å². The van der Waals surface area contributed by atoms with Gasteiger partial charge >= 0.3 is 0 Å². The first-order valence-electron chi connectivity index (χ1n) is 13.7. The Balaban J connectivity index is 1.67. The topological polar surface area (TPSA) is 96.0 Å². The number of amides is 2. The number of hydrogen-bond donors (Lipinski definition) is 1. The Labute approximate surface area is 250 Å². The van der Waals surface area contributed by atoms with Gasteiger partial charge in [0.15, 0.2) is 0 Å². The fourth-order valence-corrected chi connectivity index (χ4v) is 6.67. The van der Waals surface area contributed by atoms with Crippen molar-refractivity contribution in [3.8, 4) is 5.75 Å². The van der Waals surface area contributed by atoms with Gasteiger partial charge in [0.05, 0.1) is 17.7 Å². The highest BCUT2D eigenvalue weighted by Crippen LogP contribution is 2.26. The molecular formula is C31H36BrN3O5S. The average Bonchev–Trinajstić information content (AvgIpc) is 2.99. The summed E-state index contributed by atoms with van der Waals surface area (Å²) >= 11 is 3.39. The van der Waals surface area contributed by atoms with Crippen molar-refractivity contribution in [3.05, 3.63) is 88.9 Å². The Hall–Kier alpha value is -3.37. The highest BCUT2D eigenvalue weighted by atomic mass is 79.9. The molecule has 0 spiro atoms. The lowest BCUT2D eigenvalue weighted by Gasteiger charge is -2.33. The molecule has 0 bridgehead atoms. The zero-order chi connectivity index (χ0) is 29.4. The van der Waals surface area contributed by atoms with Crippen molar-refractivity contribution in [2.45, 2.75) is 62.6 Å². The molecule has 4 rings (SSSR count). The first-order chi connectivity index (χ1) is 19.7. The molecule has 1 saturated carbocycles. The largest absolute Gasteiger partial charge is 0.497 e. The summed E-state index contributed by atoms with van der Waals surface area (Å²) < 4.78 is 34.9. The number of benzene rings is 3. The third kappa shape index (κ3) is 7.89. The number of ether oxygens (including phenoxy) is 1. The van der Waals surface area contributed by atoms with Crippen molar-refractivity contribution in [3.63, 3.8) is 0 Å². The number of hydrogen-bond acceptors (Lipinski definition) is 5. The molecule has 0 aromatic heterocycles. The molecule has 0 saturated heterocycles. The molecule has 10 heteroatoms. The number of carbonyl (C=O) groups excluding carboxylic acids is 2. The van der Waals surface area contributed by atoms with E-state index < -0.39 is 28.5 Å². The van der Waals surface area contributed by atoms with Crippen LogP contribution in [0.1, 0.15) is 44.6 Å². The van der Waals surface area contributed by atoms with Crippen LogP contribution in [0.5, 0.6) is 5.75 Å². The zero-order valence-electron chi connectivity index (χ0n) is 23.3. The molecule has 218 valence electrons. The monoisotopic (exact) mass is 641 g/mol. The second kappa shape index (κ2) is 14.0. The van der Waals surface area contributed by atoms with Crippen LogP contribution in [-0.4, -0.2) is 50.9 Å². The summed E-state index contributed by atoms with van der Waals surface area (Å²) in [5.74, 6) is -0.131. The molecule has 0 heterocycles. The van der Waals surface area contributed by atoms with Gasteiger partial charge in [-0.3, -0.25) is 13.9 Å². The maximum Gasteiger partial charge on any atom is 0.264 e. The van der Waals surface area contributed by atoms with Crippen LogP contribution in [0.15, 0.2) is 88.2 Å². The number of sulfonamides is 1. The van der Waals surface area contributed by atoms with Gasteiger partial charge < -0.3 is 15.0 Å². The van der Waals surface area contributed by atoms with Crippen LogP contribution in [0.25, 0.3) is 0 Å². The summed E-state index contributed by atoms with van der Waals surface area (Å²) in [5, 5.41) is 3.12. The summed E-state index contributed by atoms with van der Waals surface area (Å²) in [6.07, 6.45) is 5.10. The molecule has 8 nitrogen and oxygen atoms in total. The van der Waals surface area contributed by atoms with Crippen molar-refractivity contribution < 1.29 is 22.7 Å². The van der Waals surface area contributed by atoms with E-state index in [9.17, 15) is 18.0 Å². The van der Waals surface area contributed by atoms with Crippen molar-refractivity contribution in [2.24, 2.45) is 0 Å². The summed E-state index contributed by atoms with van der Waals surface area (Å²) in [6, 6.07) is 21.3. The lowest BCUT2D eigenvalue weighted by Crippen LogP contribution is -2.53. The molecule has 0 unspecified atom stereocenters. The quantitative estimate of drug-likeness (QED) is 0.297. The van der Waals surface area contributed by atoms with Gasteiger partial charge in [-0.2, -0.15) is 0 Å². The van der Waals surface area contributed by atoms with Gasteiger partial charge in [0.1, 0.15) is 18.3 Å². The van der Waals surface area contributed by atoms with E-state index in [1.165, 1.54) is 17.0 Å². The standard InChI is InChI=1S/C31H36BrN3O5S/c1-23(31(37)33-26-11-5-3-6-12-26)34(21-24-10-9-13-28(20-24)40-2)30(36)22-35(27-18-16-25(32)17-19-27)41(38,39)29-14-7-4-8-15-29/h4,7-10,13-20,23,26H,3,5-6,11-12,21-22H2,1-2H3,(H,33,37)/t23-/m0/s1. The Kier molecular flexibility index (Phi) is 10.4. The number of carbonyl (C=O) groups is 2. The Morgan fingerprint density at radius 1 is 0.976 bits per heavy atom. The Morgan fingerprint density at radius 2 is 1.66 bits per heavy atom. The van der Waals surface area contributed by atoms with Crippen LogP contribution in [0.2, 0.25) is 0 Å². The van der Waals surface area contributed by atoms with Crippen LogP contribution >= 0.6 is 15.9 Å². The number of anilines is 1. The molecule has 0 aliphatic heterocycles. The molecule has 1 atom stereocenters. The molecule has 2 amide bonds. The van der Waals surface area contributed by atoms with E-state index in [4.69, 9.17) is 4.74 Å². The molecule has 1 fully saturated rings. The van der Waals surface area contributed by atoms with Crippen molar-refractivity contribution in [2.75, 3.05) is 18.0 Å². The zero-order valence-corrected chi connectivity index (χ0v) is 25.7. The van der Waals surface area contributed by atoms with Crippen LogP contribution in [0, 0.1) is 0 Å². The molecule has 41 heavy (non-hydrogen) atoms. The summed E-state index contributed by atoms with van der Waals surface area (Å²) in [7, 11) is -2.54. The molecular weight excluding hydrogens is 606 g/mol. The van der Waals surface area contributed by atoms with E-state index in [2.05, 4.69) is 21.2 Å². The minimum atomic E-state index is -4.10. The number of methoxy groups -OCH3 is 1. The van der Waals surface area contributed by atoms with Crippen LogP contribution < -0.4 is 14.4 Å². The maximum absolute atomic E-state index is 14.1. The average molecular weight is 643 g/mol. The number of halogens is 1. The van der Waals surface area contributed by atoms with Gasteiger partial charge in [-0.05, 0) is 73.9 Å². The molecule has 3 aromatic carbocycles. The minimum absolute atomic E-state index is 0.0677. The highest BCUT2D eigenvalue weighted by Gasteiger charge is 2.33. The van der Waals surface area contributed by atoms with E-state index >= 15 is 0 Å². The van der Waals surface area contributed by atoms with Gasteiger partial charge in [0, 0.05) is 17.1 Å². The Bertz CT molecular complexity index is 1430. The molecule has 3 aromatic rings.